The van der Waals surface area contributed by atoms with E-state index in [1.165, 1.54) is 12.1 Å². The van der Waals surface area contributed by atoms with Crippen molar-refractivity contribution in [2.45, 2.75) is 12.7 Å². The van der Waals surface area contributed by atoms with E-state index in [-0.39, 0.29) is 5.75 Å². The minimum Gasteiger partial charge on any atom is -0.484 e. The third-order valence-corrected chi connectivity index (χ3v) is 5.68. The van der Waals surface area contributed by atoms with Crippen molar-refractivity contribution in [3.8, 4) is 5.75 Å². The van der Waals surface area contributed by atoms with Gasteiger partial charge in [0.05, 0.1) is 3.79 Å². The molecule has 0 fully saturated rings. The van der Waals surface area contributed by atoms with Gasteiger partial charge in [-0.05, 0) is 62.2 Å². The quantitative estimate of drug-likeness (QED) is 0.626. The predicted molar refractivity (Wildman–Crippen MR) is 85.0 cm³/mol. The van der Waals surface area contributed by atoms with E-state index < -0.39 is 12.8 Å². The molecule has 0 unspecified atom stereocenters. The van der Waals surface area contributed by atoms with Crippen LogP contribution < -0.4 is 10.1 Å². The van der Waals surface area contributed by atoms with Gasteiger partial charge in [0.25, 0.3) is 0 Å². The number of hydrogen-bond donors (Lipinski definition) is 1. The number of thiophene rings is 1. The summed E-state index contributed by atoms with van der Waals surface area (Å²) in [6.07, 6.45) is -4.32. The highest BCUT2D eigenvalue weighted by atomic mass is 79.9. The molecule has 2 nitrogen and oxygen atoms in total. The molecule has 0 aliphatic carbocycles. The van der Waals surface area contributed by atoms with Gasteiger partial charge in [-0.3, -0.25) is 0 Å². The molecular formula is C13H10Br2F3NOS. The van der Waals surface area contributed by atoms with Crippen LogP contribution in [-0.2, 0) is 6.54 Å². The smallest absolute Gasteiger partial charge is 0.422 e. The van der Waals surface area contributed by atoms with Crippen molar-refractivity contribution in [1.29, 1.82) is 0 Å². The molecule has 2 aromatic rings. The fourth-order valence-electron chi connectivity index (χ4n) is 1.50. The third kappa shape index (κ3) is 5.52. The lowest BCUT2D eigenvalue weighted by atomic mass is 10.3. The Kier molecular flexibility index (Phi) is 5.56. The Morgan fingerprint density at radius 1 is 1.14 bits per heavy atom. The minimum atomic E-state index is -4.32. The zero-order valence-electron chi connectivity index (χ0n) is 10.5. The average molecular weight is 445 g/mol. The van der Waals surface area contributed by atoms with Crippen molar-refractivity contribution in [2.75, 3.05) is 11.9 Å². The van der Waals surface area contributed by atoms with Crippen LogP contribution in [0.3, 0.4) is 0 Å². The highest BCUT2D eigenvalue weighted by Crippen LogP contribution is 2.32. The summed E-state index contributed by atoms with van der Waals surface area (Å²) in [4.78, 5) is 1.13. The van der Waals surface area contributed by atoms with E-state index in [9.17, 15) is 13.2 Å². The normalized spacial score (nSPS) is 11.5. The number of benzene rings is 1. The summed E-state index contributed by atoms with van der Waals surface area (Å²) in [7, 11) is 0. The maximum absolute atomic E-state index is 12.0. The van der Waals surface area contributed by atoms with Gasteiger partial charge in [0.15, 0.2) is 6.61 Å². The average Bonchev–Trinajstić information content (AvgIpc) is 2.74. The molecule has 1 heterocycles. The van der Waals surface area contributed by atoms with Gasteiger partial charge in [-0.2, -0.15) is 13.2 Å². The molecule has 0 aliphatic rings. The zero-order valence-corrected chi connectivity index (χ0v) is 14.5. The van der Waals surface area contributed by atoms with Crippen molar-refractivity contribution in [1.82, 2.24) is 0 Å². The van der Waals surface area contributed by atoms with E-state index in [2.05, 4.69) is 41.9 Å². The first-order valence-corrected chi connectivity index (χ1v) is 8.21. The molecule has 8 heteroatoms. The molecule has 0 atom stereocenters. The number of nitrogens with one attached hydrogen (secondary N) is 1. The number of hydrogen-bond acceptors (Lipinski definition) is 3. The number of halogens is 5. The van der Waals surface area contributed by atoms with Crippen molar-refractivity contribution >= 4 is 48.9 Å². The highest BCUT2D eigenvalue weighted by Gasteiger charge is 2.28. The van der Waals surface area contributed by atoms with Gasteiger partial charge in [0.2, 0.25) is 0 Å². The highest BCUT2D eigenvalue weighted by molar-refractivity contribution is 9.13. The number of rotatable bonds is 5. The van der Waals surface area contributed by atoms with Gasteiger partial charge in [0, 0.05) is 21.6 Å². The van der Waals surface area contributed by atoms with Gasteiger partial charge in [0.1, 0.15) is 5.75 Å². The Morgan fingerprint density at radius 2 is 1.81 bits per heavy atom. The van der Waals surface area contributed by atoms with Crippen molar-refractivity contribution in [2.24, 2.45) is 0 Å². The van der Waals surface area contributed by atoms with E-state index >= 15 is 0 Å². The molecule has 0 aliphatic heterocycles. The van der Waals surface area contributed by atoms with Crippen molar-refractivity contribution < 1.29 is 17.9 Å². The molecule has 1 aromatic heterocycles. The third-order valence-electron chi connectivity index (χ3n) is 2.42. The van der Waals surface area contributed by atoms with Crippen molar-refractivity contribution in [3.05, 3.63) is 43.5 Å². The Labute approximate surface area is 140 Å². The molecule has 0 radical (unpaired) electrons. The topological polar surface area (TPSA) is 21.3 Å². The molecular weight excluding hydrogens is 435 g/mol. The number of ether oxygens (including phenoxy) is 1. The van der Waals surface area contributed by atoms with Crippen LogP contribution in [0.4, 0.5) is 18.9 Å². The lowest BCUT2D eigenvalue weighted by molar-refractivity contribution is -0.153. The Bertz CT molecular complexity index is 579. The maximum Gasteiger partial charge on any atom is 0.422 e. The molecule has 1 N–H and O–H groups in total. The summed E-state index contributed by atoms with van der Waals surface area (Å²) in [6.45, 7) is -0.644. The standard InChI is InChI=1S/C13H10Br2F3NOS/c14-11-5-10(21-12(11)15)6-19-8-1-3-9(4-2-8)20-7-13(16,17)18/h1-5,19H,6-7H2. The van der Waals surface area contributed by atoms with Crippen LogP contribution in [0.15, 0.2) is 38.6 Å². The summed E-state index contributed by atoms with van der Waals surface area (Å²) in [6, 6.07) is 8.39. The summed E-state index contributed by atoms with van der Waals surface area (Å²) in [5.41, 5.74) is 0.815. The van der Waals surface area contributed by atoms with Gasteiger partial charge in [-0.1, -0.05) is 0 Å². The zero-order chi connectivity index (χ0) is 15.5. The van der Waals surface area contributed by atoms with Crippen LogP contribution in [0, 0.1) is 0 Å². The SMILES string of the molecule is FC(F)(F)COc1ccc(NCc2cc(Br)c(Br)s2)cc1. The fourth-order valence-corrected chi connectivity index (χ4v) is 3.62. The minimum absolute atomic E-state index is 0.194. The number of alkyl halides is 3. The molecule has 0 saturated carbocycles. The summed E-state index contributed by atoms with van der Waals surface area (Å²) < 4.78 is 42.7. The van der Waals surface area contributed by atoms with Crippen LogP contribution in [0.2, 0.25) is 0 Å². The van der Waals surface area contributed by atoms with E-state index in [1.54, 1.807) is 23.5 Å². The maximum atomic E-state index is 12.0. The van der Waals surface area contributed by atoms with Crippen LogP contribution in [0.5, 0.6) is 5.75 Å². The Hall–Kier alpha value is -0.730. The molecule has 1 aromatic carbocycles. The van der Waals surface area contributed by atoms with Crippen LogP contribution >= 0.6 is 43.2 Å². The molecule has 21 heavy (non-hydrogen) atoms. The molecule has 0 bridgehead atoms. The van der Waals surface area contributed by atoms with Gasteiger partial charge in [-0.15, -0.1) is 11.3 Å². The first kappa shape index (κ1) is 16.6. The second-order valence-corrected chi connectivity index (χ2v) is 7.43. The summed E-state index contributed by atoms with van der Waals surface area (Å²) in [5, 5.41) is 3.19. The summed E-state index contributed by atoms with van der Waals surface area (Å²) >= 11 is 8.44. The molecule has 114 valence electrons. The first-order valence-electron chi connectivity index (χ1n) is 5.81. The van der Waals surface area contributed by atoms with Crippen LogP contribution in [-0.4, -0.2) is 12.8 Å². The molecule has 0 amide bonds. The van der Waals surface area contributed by atoms with Crippen molar-refractivity contribution in [3.63, 3.8) is 0 Å². The lowest BCUT2D eigenvalue weighted by Gasteiger charge is -2.10. The predicted octanol–water partition coefficient (Wildman–Crippen LogP) is 5.83. The number of anilines is 1. The van der Waals surface area contributed by atoms with E-state index in [0.29, 0.717) is 6.54 Å². The fraction of sp³-hybridized carbons (Fsp3) is 0.231. The van der Waals surface area contributed by atoms with E-state index in [4.69, 9.17) is 0 Å². The second kappa shape index (κ2) is 7.02. The van der Waals surface area contributed by atoms with Gasteiger partial charge >= 0.3 is 6.18 Å². The molecule has 0 spiro atoms. The molecule has 2 rings (SSSR count). The first-order chi connectivity index (χ1) is 9.83. The Morgan fingerprint density at radius 3 is 2.33 bits per heavy atom. The van der Waals surface area contributed by atoms with Gasteiger partial charge in [-0.25, -0.2) is 0 Å². The molecule has 0 saturated heterocycles. The second-order valence-electron chi connectivity index (χ2n) is 4.12. The van der Waals surface area contributed by atoms with E-state index in [1.807, 2.05) is 6.07 Å². The van der Waals surface area contributed by atoms with Gasteiger partial charge < -0.3 is 10.1 Å². The summed E-state index contributed by atoms with van der Waals surface area (Å²) in [5.74, 6) is 0.194. The largest absolute Gasteiger partial charge is 0.484 e. The van der Waals surface area contributed by atoms with Crippen LogP contribution in [0.25, 0.3) is 0 Å². The Balaban J connectivity index is 1.87. The van der Waals surface area contributed by atoms with E-state index in [0.717, 1.165) is 18.8 Å². The van der Waals surface area contributed by atoms with Crippen LogP contribution in [0.1, 0.15) is 4.88 Å². The monoisotopic (exact) mass is 443 g/mol. The lowest BCUT2D eigenvalue weighted by Crippen LogP contribution is -2.19.